The summed E-state index contributed by atoms with van der Waals surface area (Å²) in [5.74, 6) is 0.853. The number of hydrogen-bond donors (Lipinski definition) is 0. The second-order valence-corrected chi connectivity index (χ2v) is 11.2. The lowest BCUT2D eigenvalue weighted by Gasteiger charge is -2.54. The molecule has 1 fully saturated rings. The van der Waals surface area contributed by atoms with Gasteiger partial charge in [0.1, 0.15) is 6.61 Å². The minimum Gasteiger partial charge on any atom is -0.460 e. The Balaban J connectivity index is 1.63. The van der Waals surface area contributed by atoms with Crippen molar-refractivity contribution in [1.29, 1.82) is 0 Å². The zero-order valence-electron chi connectivity index (χ0n) is 18.6. The third-order valence-corrected chi connectivity index (χ3v) is 8.71. The van der Waals surface area contributed by atoms with E-state index in [4.69, 9.17) is 4.74 Å². The number of hydrogen-bond acceptors (Lipinski definition) is 2. The summed E-state index contributed by atoms with van der Waals surface area (Å²) < 4.78 is 7.25. The Morgan fingerprint density at radius 1 is 1.17 bits per heavy atom. The fourth-order valence-corrected chi connectivity index (χ4v) is 7.17. The van der Waals surface area contributed by atoms with Crippen molar-refractivity contribution in [2.75, 3.05) is 0 Å². The number of carbonyl (C=O) groups excluding carboxylic acids is 1. The molecule has 0 spiro atoms. The summed E-state index contributed by atoms with van der Waals surface area (Å²) in [7, 11) is 0. The molecule has 0 saturated heterocycles. The number of esters is 1. The molecule has 1 saturated carbocycles. The number of ether oxygens (including phenoxy) is 1. The highest BCUT2D eigenvalue weighted by molar-refractivity contribution is 14.1. The zero-order chi connectivity index (χ0) is 21.5. The van der Waals surface area contributed by atoms with Gasteiger partial charge in [-0.15, -0.1) is 0 Å². The Morgan fingerprint density at radius 2 is 1.90 bits per heavy atom. The van der Waals surface area contributed by atoms with Gasteiger partial charge < -0.3 is 4.74 Å². The van der Waals surface area contributed by atoms with E-state index in [1.54, 1.807) is 0 Å². The molecule has 0 bridgehead atoms. The van der Waals surface area contributed by atoms with E-state index in [0.29, 0.717) is 18.4 Å². The maximum atomic E-state index is 13.4. The Hall–Kier alpha value is -1.36. The normalized spacial score (nSPS) is 28.0. The van der Waals surface area contributed by atoms with E-state index in [9.17, 15) is 4.79 Å². The number of rotatable bonds is 4. The van der Waals surface area contributed by atoms with Crippen molar-refractivity contribution in [1.82, 2.24) is 0 Å². The summed E-state index contributed by atoms with van der Waals surface area (Å²) >= 11 is 2.50. The van der Waals surface area contributed by atoms with Crippen LogP contribution in [0.5, 0.6) is 0 Å². The first-order valence-electron chi connectivity index (χ1n) is 11.3. The highest BCUT2D eigenvalue weighted by Crippen LogP contribution is 2.58. The molecular formula is C27H33IO2. The van der Waals surface area contributed by atoms with Crippen LogP contribution in [0.1, 0.15) is 81.5 Å². The van der Waals surface area contributed by atoms with Crippen LogP contribution in [0.4, 0.5) is 0 Å². The van der Waals surface area contributed by atoms with Crippen molar-refractivity contribution in [2.45, 2.75) is 77.7 Å². The van der Waals surface area contributed by atoms with Crippen LogP contribution < -0.4 is 0 Å². The molecule has 0 amide bonds. The molecule has 0 aromatic heterocycles. The minimum atomic E-state index is -0.415. The van der Waals surface area contributed by atoms with Crippen molar-refractivity contribution >= 4 is 28.6 Å². The van der Waals surface area contributed by atoms with Gasteiger partial charge in [0.15, 0.2) is 0 Å². The van der Waals surface area contributed by atoms with Crippen molar-refractivity contribution in [3.05, 3.63) is 68.3 Å². The molecular weight excluding hydrogens is 483 g/mol. The smallest absolute Gasteiger partial charge is 0.312 e. The second kappa shape index (κ2) is 8.29. The van der Waals surface area contributed by atoms with E-state index in [1.165, 1.54) is 20.3 Å². The van der Waals surface area contributed by atoms with Crippen LogP contribution in [0.25, 0.3) is 0 Å². The lowest BCUT2D eigenvalue weighted by Crippen LogP contribution is -2.52. The van der Waals surface area contributed by atoms with Gasteiger partial charge in [0, 0.05) is 3.57 Å². The Kier molecular flexibility index (Phi) is 6.04. The Bertz CT molecular complexity index is 935. The Labute approximate surface area is 194 Å². The summed E-state index contributed by atoms with van der Waals surface area (Å²) in [6.45, 7) is 9.49. The summed E-state index contributed by atoms with van der Waals surface area (Å²) in [5, 5.41) is 0. The molecule has 0 radical (unpaired) electrons. The van der Waals surface area contributed by atoms with Crippen molar-refractivity contribution in [2.24, 2.45) is 11.3 Å². The molecule has 0 N–H and O–H groups in total. The van der Waals surface area contributed by atoms with E-state index < -0.39 is 5.41 Å². The maximum absolute atomic E-state index is 13.4. The lowest BCUT2D eigenvalue weighted by molar-refractivity contribution is -0.166. The first-order valence-corrected chi connectivity index (χ1v) is 12.4. The fraction of sp³-hybridized carbons (Fsp3) is 0.519. The van der Waals surface area contributed by atoms with E-state index in [-0.39, 0.29) is 11.4 Å². The van der Waals surface area contributed by atoms with Crippen LogP contribution in [-0.2, 0) is 28.0 Å². The van der Waals surface area contributed by atoms with Gasteiger partial charge in [-0.3, -0.25) is 4.79 Å². The van der Waals surface area contributed by atoms with Gasteiger partial charge in [0.25, 0.3) is 0 Å². The monoisotopic (exact) mass is 516 g/mol. The molecule has 0 aliphatic heterocycles. The molecule has 3 unspecified atom stereocenters. The van der Waals surface area contributed by atoms with Crippen molar-refractivity contribution < 1.29 is 9.53 Å². The molecule has 30 heavy (non-hydrogen) atoms. The first kappa shape index (κ1) is 21.9. The topological polar surface area (TPSA) is 26.3 Å². The van der Waals surface area contributed by atoms with Gasteiger partial charge >= 0.3 is 5.97 Å². The molecule has 2 nitrogen and oxygen atoms in total. The largest absolute Gasteiger partial charge is 0.460 e. The zero-order valence-corrected chi connectivity index (χ0v) is 20.8. The van der Waals surface area contributed by atoms with Gasteiger partial charge in [-0.2, -0.15) is 0 Å². The molecule has 3 atom stereocenters. The molecule has 4 rings (SSSR count). The first-order chi connectivity index (χ1) is 14.3. The van der Waals surface area contributed by atoms with Crippen LogP contribution >= 0.6 is 22.6 Å². The number of carbonyl (C=O) groups is 1. The molecule has 2 aliphatic carbocycles. The average molecular weight is 516 g/mol. The number of halogens is 1. The van der Waals surface area contributed by atoms with Crippen LogP contribution in [0.3, 0.4) is 0 Å². The summed E-state index contributed by atoms with van der Waals surface area (Å²) in [5.41, 5.74) is 5.12. The van der Waals surface area contributed by atoms with Gasteiger partial charge in [0.2, 0.25) is 0 Å². The van der Waals surface area contributed by atoms with Gasteiger partial charge in [-0.25, -0.2) is 0 Å². The van der Waals surface area contributed by atoms with E-state index in [0.717, 1.165) is 37.7 Å². The SMILES string of the molecule is CC(C)c1cc2c(cc1I)C1(C)CCCC(C)(C(=O)OCc3ccccc3)C1CC2. The number of aryl methyl sites for hydroxylation is 1. The average Bonchev–Trinajstić information content (AvgIpc) is 2.72. The standard InChI is InChI=1S/C27H33IO2/c1-18(2)21-15-20-11-12-24-26(3,22(20)16-23(21)28)13-8-14-27(24,4)25(29)30-17-19-9-6-5-7-10-19/h5-7,9-10,15-16,18,24H,8,11-14,17H2,1-4H3. The quantitative estimate of drug-likeness (QED) is 0.318. The molecule has 2 aromatic carbocycles. The Morgan fingerprint density at radius 3 is 2.60 bits per heavy atom. The molecule has 3 heteroatoms. The number of fused-ring (bicyclic) bond motifs is 3. The number of benzene rings is 2. The van der Waals surface area contributed by atoms with E-state index in [2.05, 4.69) is 62.4 Å². The third kappa shape index (κ3) is 3.72. The summed E-state index contributed by atoms with van der Waals surface area (Å²) in [6, 6.07) is 14.9. The summed E-state index contributed by atoms with van der Waals surface area (Å²) in [6.07, 6.45) is 5.29. The molecule has 2 aromatic rings. The van der Waals surface area contributed by atoms with Crippen molar-refractivity contribution in [3.63, 3.8) is 0 Å². The van der Waals surface area contributed by atoms with Gasteiger partial charge in [0.05, 0.1) is 5.41 Å². The summed E-state index contributed by atoms with van der Waals surface area (Å²) in [4.78, 5) is 13.4. The second-order valence-electron chi connectivity index (χ2n) is 10.0. The highest BCUT2D eigenvalue weighted by Gasteiger charge is 2.55. The van der Waals surface area contributed by atoms with Crippen molar-refractivity contribution in [3.8, 4) is 0 Å². The van der Waals surface area contributed by atoms with E-state index >= 15 is 0 Å². The third-order valence-electron chi connectivity index (χ3n) is 7.77. The maximum Gasteiger partial charge on any atom is 0.312 e. The minimum absolute atomic E-state index is 0.0146. The molecule has 0 heterocycles. The molecule has 2 aliphatic rings. The van der Waals surface area contributed by atoms with Crippen LogP contribution in [0.2, 0.25) is 0 Å². The van der Waals surface area contributed by atoms with Crippen LogP contribution in [-0.4, -0.2) is 5.97 Å². The van der Waals surface area contributed by atoms with Gasteiger partial charge in [-0.05, 0) is 101 Å². The predicted molar refractivity (Wildman–Crippen MR) is 131 cm³/mol. The van der Waals surface area contributed by atoms with E-state index in [1.807, 2.05) is 30.3 Å². The van der Waals surface area contributed by atoms with Crippen LogP contribution in [0, 0.1) is 14.9 Å². The van der Waals surface area contributed by atoms with Gasteiger partial charge in [-0.1, -0.05) is 63.6 Å². The predicted octanol–water partition coefficient (Wildman–Crippen LogP) is 7.17. The van der Waals surface area contributed by atoms with Crippen LogP contribution in [0.15, 0.2) is 42.5 Å². The molecule has 160 valence electrons. The fourth-order valence-electron chi connectivity index (χ4n) is 6.08. The lowest BCUT2D eigenvalue weighted by atomic mass is 9.49. The highest BCUT2D eigenvalue weighted by atomic mass is 127.